The number of piperidine rings is 1. The summed E-state index contributed by atoms with van der Waals surface area (Å²) in [7, 11) is 0. The lowest BCUT2D eigenvalue weighted by Gasteiger charge is -2.34. The maximum absolute atomic E-state index is 13.3. The zero-order valence-corrected chi connectivity index (χ0v) is 14.7. The molecule has 2 saturated heterocycles. The minimum Gasteiger partial charge on any atom is -0.371 e. The van der Waals surface area contributed by atoms with Crippen LogP contribution in [0.25, 0.3) is 0 Å². The molecule has 0 saturated carbocycles. The van der Waals surface area contributed by atoms with Crippen LogP contribution in [0, 0.1) is 0 Å². The monoisotopic (exact) mass is 334 g/mol. The molecule has 2 heterocycles. The van der Waals surface area contributed by atoms with Gasteiger partial charge in [0, 0.05) is 37.8 Å². The lowest BCUT2D eigenvalue weighted by molar-refractivity contribution is 0.0708. The van der Waals surface area contributed by atoms with E-state index in [1.165, 1.54) is 24.8 Å². The number of para-hydroxylation sites is 1. The van der Waals surface area contributed by atoms with E-state index in [9.17, 15) is 4.79 Å². The molecule has 1 amide bonds. The van der Waals surface area contributed by atoms with Crippen LogP contribution in [0.2, 0.25) is 0 Å². The Kier molecular flexibility index (Phi) is 4.73. The van der Waals surface area contributed by atoms with Crippen molar-refractivity contribution in [2.45, 2.75) is 31.6 Å². The van der Waals surface area contributed by atoms with Gasteiger partial charge in [0.25, 0.3) is 5.91 Å². The Bertz CT molecular complexity index is 722. The van der Waals surface area contributed by atoms with E-state index in [2.05, 4.69) is 46.2 Å². The second-order valence-electron chi connectivity index (χ2n) is 7.21. The first-order valence-electron chi connectivity index (χ1n) is 9.51. The minimum absolute atomic E-state index is 0.197. The maximum atomic E-state index is 13.3. The first kappa shape index (κ1) is 16.2. The molecule has 0 N–H and O–H groups in total. The first-order chi connectivity index (χ1) is 12.3. The van der Waals surface area contributed by atoms with E-state index in [0.717, 1.165) is 43.9 Å². The summed E-state index contributed by atoms with van der Waals surface area (Å²) in [6, 6.07) is 18.8. The number of carbonyl (C=O) groups excluding carboxylic acids is 1. The molecule has 0 radical (unpaired) electrons. The van der Waals surface area contributed by atoms with E-state index in [0.29, 0.717) is 5.92 Å². The summed E-state index contributed by atoms with van der Waals surface area (Å²) < 4.78 is 0. The van der Waals surface area contributed by atoms with Crippen molar-refractivity contribution in [1.29, 1.82) is 0 Å². The minimum atomic E-state index is 0.197. The Labute approximate surface area is 150 Å². The van der Waals surface area contributed by atoms with Crippen LogP contribution in [0.1, 0.15) is 47.5 Å². The molecule has 3 heteroatoms. The molecule has 1 unspecified atom stereocenters. The molecule has 0 aromatic heterocycles. The van der Waals surface area contributed by atoms with Crippen molar-refractivity contribution in [3.8, 4) is 0 Å². The summed E-state index contributed by atoms with van der Waals surface area (Å²) in [5, 5.41) is 0. The van der Waals surface area contributed by atoms with Gasteiger partial charge in [-0.25, -0.2) is 0 Å². The van der Waals surface area contributed by atoms with Gasteiger partial charge < -0.3 is 9.80 Å². The number of benzene rings is 2. The SMILES string of the molecule is O=C(c1ccccc1N1CCCC1)N1CCCC(c2ccccc2)C1. The third-order valence-corrected chi connectivity index (χ3v) is 5.56. The Morgan fingerprint density at radius 2 is 1.56 bits per heavy atom. The Hall–Kier alpha value is -2.29. The van der Waals surface area contributed by atoms with Crippen molar-refractivity contribution < 1.29 is 4.79 Å². The predicted octanol–water partition coefficient (Wildman–Crippen LogP) is 4.31. The van der Waals surface area contributed by atoms with Crippen LogP contribution in [0.4, 0.5) is 5.69 Å². The Balaban J connectivity index is 1.55. The fraction of sp³-hybridized carbons (Fsp3) is 0.409. The third-order valence-electron chi connectivity index (χ3n) is 5.56. The maximum Gasteiger partial charge on any atom is 0.255 e. The van der Waals surface area contributed by atoms with Gasteiger partial charge in [0.15, 0.2) is 0 Å². The van der Waals surface area contributed by atoms with Gasteiger partial charge in [0.05, 0.1) is 5.56 Å². The van der Waals surface area contributed by atoms with Crippen LogP contribution in [0.3, 0.4) is 0 Å². The average molecular weight is 334 g/mol. The average Bonchev–Trinajstić information content (AvgIpc) is 3.23. The molecule has 2 fully saturated rings. The summed E-state index contributed by atoms with van der Waals surface area (Å²) in [4.78, 5) is 17.7. The number of rotatable bonds is 3. The normalized spacial score (nSPS) is 20.7. The van der Waals surface area contributed by atoms with E-state index in [1.54, 1.807) is 0 Å². The molecule has 4 rings (SSSR count). The first-order valence-corrected chi connectivity index (χ1v) is 9.51. The standard InChI is InChI=1S/C22H26N2O/c25-22(20-12-4-5-13-21(20)23-14-6-7-15-23)24-16-8-11-19(17-24)18-9-2-1-3-10-18/h1-5,9-10,12-13,19H,6-8,11,14-17H2. The van der Waals surface area contributed by atoms with Gasteiger partial charge >= 0.3 is 0 Å². The van der Waals surface area contributed by atoms with E-state index in [1.807, 2.05) is 18.2 Å². The number of amides is 1. The molecular weight excluding hydrogens is 308 g/mol. The number of nitrogens with zero attached hydrogens (tertiary/aromatic N) is 2. The van der Waals surface area contributed by atoms with Gasteiger partial charge in [-0.3, -0.25) is 4.79 Å². The molecule has 130 valence electrons. The van der Waals surface area contributed by atoms with Crippen molar-refractivity contribution in [2.75, 3.05) is 31.1 Å². The molecule has 2 aromatic rings. The van der Waals surface area contributed by atoms with Gasteiger partial charge in [-0.15, -0.1) is 0 Å². The highest BCUT2D eigenvalue weighted by molar-refractivity contribution is 6.00. The quantitative estimate of drug-likeness (QED) is 0.835. The van der Waals surface area contributed by atoms with Crippen molar-refractivity contribution in [3.63, 3.8) is 0 Å². The highest BCUT2D eigenvalue weighted by Gasteiger charge is 2.28. The van der Waals surface area contributed by atoms with Crippen LogP contribution < -0.4 is 4.90 Å². The van der Waals surface area contributed by atoms with Crippen LogP contribution in [-0.2, 0) is 0 Å². The van der Waals surface area contributed by atoms with Crippen molar-refractivity contribution in [2.24, 2.45) is 0 Å². The van der Waals surface area contributed by atoms with Crippen molar-refractivity contribution in [1.82, 2.24) is 4.90 Å². The van der Waals surface area contributed by atoms with E-state index in [4.69, 9.17) is 0 Å². The van der Waals surface area contributed by atoms with Crippen LogP contribution in [0.5, 0.6) is 0 Å². The predicted molar refractivity (Wildman–Crippen MR) is 102 cm³/mol. The number of anilines is 1. The Morgan fingerprint density at radius 3 is 2.36 bits per heavy atom. The van der Waals surface area contributed by atoms with Gasteiger partial charge in [0.1, 0.15) is 0 Å². The smallest absolute Gasteiger partial charge is 0.255 e. The second-order valence-corrected chi connectivity index (χ2v) is 7.21. The molecule has 25 heavy (non-hydrogen) atoms. The van der Waals surface area contributed by atoms with Crippen molar-refractivity contribution >= 4 is 11.6 Å². The summed E-state index contributed by atoms with van der Waals surface area (Å²) in [5.41, 5.74) is 3.35. The molecular formula is C22H26N2O. The van der Waals surface area contributed by atoms with Gasteiger partial charge in [-0.05, 0) is 43.4 Å². The summed E-state index contributed by atoms with van der Waals surface area (Å²) in [6.07, 6.45) is 4.70. The number of hydrogen-bond donors (Lipinski definition) is 0. The zero-order chi connectivity index (χ0) is 17.1. The second kappa shape index (κ2) is 7.30. The molecule has 2 aliphatic heterocycles. The number of hydrogen-bond acceptors (Lipinski definition) is 2. The summed E-state index contributed by atoms with van der Waals surface area (Å²) >= 11 is 0. The fourth-order valence-corrected chi connectivity index (χ4v) is 4.22. The number of carbonyl (C=O) groups is 1. The molecule has 2 aromatic carbocycles. The van der Waals surface area contributed by atoms with Crippen molar-refractivity contribution in [3.05, 3.63) is 65.7 Å². The lowest BCUT2D eigenvalue weighted by Crippen LogP contribution is -2.39. The summed E-state index contributed by atoms with van der Waals surface area (Å²) in [6.45, 7) is 3.83. The fourth-order valence-electron chi connectivity index (χ4n) is 4.22. The molecule has 0 aliphatic carbocycles. The largest absolute Gasteiger partial charge is 0.371 e. The zero-order valence-electron chi connectivity index (χ0n) is 14.7. The van der Waals surface area contributed by atoms with Gasteiger partial charge in [-0.1, -0.05) is 42.5 Å². The molecule has 0 bridgehead atoms. The topological polar surface area (TPSA) is 23.6 Å². The number of likely N-dealkylation sites (tertiary alicyclic amines) is 1. The summed E-state index contributed by atoms with van der Waals surface area (Å²) in [5.74, 6) is 0.654. The third kappa shape index (κ3) is 3.41. The van der Waals surface area contributed by atoms with E-state index < -0.39 is 0 Å². The van der Waals surface area contributed by atoms with Crippen LogP contribution in [-0.4, -0.2) is 37.0 Å². The Morgan fingerprint density at radius 1 is 0.840 bits per heavy atom. The van der Waals surface area contributed by atoms with Crippen LogP contribution in [0.15, 0.2) is 54.6 Å². The van der Waals surface area contributed by atoms with Gasteiger partial charge in [0.2, 0.25) is 0 Å². The lowest BCUT2D eigenvalue weighted by atomic mass is 9.90. The highest BCUT2D eigenvalue weighted by atomic mass is 16.2. The molecule has 2 aliphatic rings. The highest BCUT2D eigenvalue weighted by Crippen LogP contribution is 2.30. The van der Waals surface area contributed by atoms with E-state index >= 15 is 0 Å². The molecule has 1 atom stereocenters. The molecule has 0 spiro atoms. The van der Waals surface area contributed by atoms with E-state index in [-0.39, 0.29) is 5.91 Å². The van der Waals surface area contributed by atoms with Crippen LogP contribution >= 0.6 is 0 Å². The van der Waals surface area contributed by atoms with Gasteiger partial charge in [-0.2, -0.15) is 0 Å². The molecule has 3 nitrogen and oxygen atoms in total.